The molecule has 0 radical (unpaired) electrons. The third kappa shape index (κ3) is 6.48. The highest BCUT2D eigenvalue weighted by atomic mass is 16.7. The Labute approximate surface area is 174 Å². The first kappa shape index (κ1) is 24.4. The molecular formula is C20H25N3O7. The van der Waals surface area contributed by atoms with Gasteiger partial charge in [0.15, 0.2) is 5.75 Å². The van der Waals surface area contributed by atoms with Crippen LogP contribution in [0.3, 0.4) is 0 Å². The summed E-state index contributed by atoms with van der Waals surface area (Å²) in [5.74, 6) is -1.85. The molecule has 0 aromatic heterocycles. The maximum atomic E-state index is 12.4. The van der Waals surface area contributed by atoms with Gasteiger partial charge in [-0.25, -0.2) is 4.79 Å². The van der Waals surface area contributed by atoms with Crippen molar-refractivity contribution in [2.45, 2.75) is 34.1 Å². The van der Waals surface area contributed by atoms with Gasteiger partial charge < -0.3 is 19.5 Å². The first-order chi connectivity index (χ1) is 14.2. The molecular weight excluding hydrogens is 394 g/mol. The maximum absolute atomic E-state index is 12.4. The lowest BCUT2D eigenvalue weighted by atomic mass is 10.1. The Morgan fingerprint density at radius 2 is 1.97 bits per heavy atom. The lowest BCUT2D eigenvalue weighted by Crippen LogP contribution is -2.31. The molecule has 0 aliphatic carbocycles. The van der Waals surface area contributed by atoms with Gasteiger partial charge in [-0.3, -0.25) is 14.9 Å². The second kappa shape index (κ2) is 11.4. The Kier molecular flexibility index (Phi) is 9.29. The number of benzene rings is 1. The van der Waals surface area contributed by atoms with Crippen molar-refractivity contribution in [2.75, 3.05) is 19.7 Å². The largest absolute Gasteiger partial charge is 0.513 e. The lowest BCUT2D eigenvalue weighted by molar-refractivity contribution is -0.385. The molecule has 0 spiro atoms. The third-order valence-electron chi connectivity index (χ3n) is 4.36. The number of rotatable bonds is 9. The normalized spacial score (nSPS) is 11.9. The lowest BCUT2D eigenvalue weighted by Gasteiger charge is -2.17. The monoisotopic (exact) mass is 419 g/mol. The number of likely N-dealkylation sites (N-methyl/N-ethyl adjacent to an activating group) is 1. The van der Waals surface area contributed by atoms with Crippen molar-refractivity contribution in [1.29, 1.82) is 5.26 Å². The first-order valence-corrected chi connectivity index (χ1v) is 9.45. The van der Waals surface area contributed by atoms with Crippen LogP contribution in [0.1, 0.15) is 39.7 Å². The van der Waals surface area contributed by atoms with Crippen LogP contribution in [0.5, 0.6) is 11.5 Å². The molecule has 1 N–H and O–H groups in total. The average molecular weight is 419 g/mol. The van der Waals surface area contributed by atoms with E-state index in [0.29, 0.717) is 13.1 Å². The van der Waals surface area contributed by atoms with Crippen molar-refractivity contribution < 1.29 is 29.1 Å². The van der Waals surface area contributed by atoms with Gasteiger partial charge in [0, 0.05) is 19.2 Å². The number of nitro benzene ring substituents is 1. The van der Waals surface area contributed by atoms with Crippen LogP contribution in [0.25, 0.3) is 6.08 Å². The van der Waals surface area contributed by atoms with Crippen LogP contribution in [0.2, 0.25) is 0 Å². The predicted molar refractivity (Wildman–Crippen MR) is 108 cm³/mol. The molecule has 0 bridgehead atoms. The Morgan fingerprint density at radius 1 is 1.33 bits per heavy atom. The molecule has 0 fully saturated rings. The van der Waals surface area contributed by atoms with Gasteiger partial charge in [0.25, 0.3) is 5.91 Å². The summed E-state index contributed by atoms with van der Waals surface area (Å²) in [7, 11) is 0. The van der Waals surface area contributed by atoms with Gasteiger partial charge in [-0.05, 0) is 37.5 Å². The molecule has 30 heavy (non-hydrogen) atoms. The quantitative estimate of drug-likeness (QED) is 0.160. The molecule has 0 saturated carbocycles. The first-order valence-electron chi connectivity index (χ1n) is 9.45. The molecule has 1 unspecified atom stereocenters. The number of aromatic hydroxyl groups is 1. The number of amides is 1. The summed E-state index contributed by atoms with van der Waals surface area (Å²) in [6, 6.07) is 3.85. The number of nitro groups is 1. The van der Waals surface area contributed by atoms with E-state index in [0.717, 1.165) is 24.6 Å². The van der Waals surface area contributed by atoms with Crippen molar-refractivity contribution in [2.24, 2.45) is 5.92 Å². The van der Waals surface area contributed by atoms with Gasteiger partial charge in [-0.15, -0.1) is 0 Å². The van der Waals surface area contributed by atoms with Gasteiger partial charge in [0.05, 0.1) is 11.5 Å². The van der Waals surface area contributed by atoms with Crippen LogP contribution in [-0.2, 0) is 9.53 Å². The Hall–Kier alpha value is -3.61. The van der Waals surface area contributed by atoms with E-state index in [9.17, 15) is 30.1 Å². The minimum atomic E-state index is -1.14. The van der Waals surface area contributed by atoms with Crippen LogP contribution < -0.4 is 4.74 Å². The summed E-state index contributed by atoms with van der Waals surface area (Å²) in [4.78, 5) is 36.1. The number of ether oxygens (including phenoxy) is 2. The number of phenols is 1. The van der Waals surface area contributed by atoms with Gasteiger partial charge in [0.1, 0.15) is 11.6 Å². The fraction of sp³-hybridized carbons (Fsp3) is 0.450. The molecule has 1 rings (SSSR count). The second-order valence-electron chi connectivity index (χ2n) is 6.47. The molecule has 0 saturated heterocycles. The Morgan fingerprint density at radius 3 is 2.47 bits per heavy atom. The summed E-state index contributed by atoms with van der Waals surface area (Å²) >= 11 is 0. The molecule has 1 atom stereocenters. The summed E-state index contributed by atoms with van der Waals surface area (Å²) in [6.45, 7) is 8.10. The summed E-state index contributed by atoms with van der Waals surface area (Å²) in [5.41, 5.74) is -0.980. The number of carbonyl (C=O) groups is 2. The van der Waals surface area contributed by atoms with E-state index < -0.39 is 34.2 Å². The average Bonchev–Trinajstić information content (AvgIpc) is 2.72. The van der Waals surface area contributed by atoms with Crippen LogP contribution in [0, 0.1) is 27.4 Å². The number of nitrogens with zero attached hydrogens (tertiary/aromatic N) is 3. The van der Waals surface area contributed by atoms with Crippen LogP contribution in [0.15, 0.2) is 17.7 Å². The van der Waals surface area contributed by atoms with E-state index >= 15 is 0 Å². The highest BCUT2D eigenvalue weighted by Crippen LogP contribution is 2.38. The molecule has 10 heteroatoms. The topological polar surface area (TPSA) is 143 Å². The van der Waals surface area contributed by atoms with E-state index in [2.05, 4.69) is 0 Å². The minimum absolute atomic E-state index is 0.0290. The summed E-state index contributed by atoms with van der Waals surface area (Å²) in [5, 5.41) is 30.7. The molecule has 1 aromatic rings. The standard InChI is InChI=1S/C20H25N3O7/c1-5-13(4)12-29-20(26)30-17-10-14(9-16(18(17)24)23(27)28)8-15(11-21)19(25)22(6-2)7-3/h8-10,13,24H,5-7,12H2,1-4H3/b15-8+. The molecule has 0 heterocycles. The van der Waals surface area contributed by atoms with E-state index in [-0.39, 0.29) is 23.7 Å². The second-order valence-corrected chi connectivity index (χ2v) is 6.47. The molecule has 162 valence electrons. The zero-order valence-corrected chi connectivity index (χ0v) is 17.4. The fourth-order valence-corrected chi connectivity index (χ4v) is 2.35. The third-order valence-corrected chi connectivity index (χ3v) is 4.36. The maximum Gasteiger partial charge on any atom is 0.513 e. The number of hydrogen-bond acceptors (Lipinski definition) is 8. The van der Waals surface area contributed by atoms with Gasteiger partial charge in [-0.2, -0.15) is 5.26 Å². The summed E-state index contributed by atoms with van der Waals surface area (Å²) < 4.78 is 9.84. The predicted octanol–water partition coefficient (Wildman–Crippen LogP) is 3.64. The molecule has 1 aromatic carbocycles. The van der Waals surface area contributed by atoms with Crippen LogP contribution >= 0.6 is 0 Å². The highest BCUT2D eigenvalue weighted by Gasteiger charge is 2.23. The number of carbonyl (C=O) groups excluding carboxylic acids is 2. The SMILES string of the molecule is CCC(C)COC(=O)Oc1cc(/C=C(\C#N)C(=O)N(CC)CC)cc([N+](=O)[O-])c1O. The molecule has 10 nitrogen and oxygen atoms in total. The fourth-order valence-electron chi connectivity index (χ4n) is 2.35. The summed E-state index contributed by atoms with van der Waals surface area (Å²) in [6.07, 6.45) is 0.757. The van der Waals surface area contributed by atoms with Gasteiger partial charge >= 0.3 is 11.8 Å². The van der Waals surface area contributed by atoms with Crippen LogP contribution in [0.4, 0.5) is 10.5 Å². The Balaban J connectivity index is 3.31. The molecule has 0 aliphatic rings. The zero-order valence-electron chi connectivity index (χ0n) is 17.4. The van der Waals surface area contributed by atoms with E-state index in [1.54, 1.807) is 19.9 Å². The van der Waals surface area contributed by atoms with E-state index in [1.165, 1.54) is 4.90 Å². The molecule has 0 aliphatic heterocycles. The number of phenolic OH excluding ortho intramolecular Hbond substituents is 1. The van der Waals surface area contributed by atoms with Crippen molar-refractivity contribution in [3.63, 3.8) is 0 Å². The molecule has 1 amide bonds. The smallest absolute Gasteiger partial charge is 0.499 e. The van der Waals surface area contributed by atoms with Crippen molar-refractivity contribution >= 4 is 23.8 Å². The van der Waals surface area contributed by atoms with Gasteiger partial charge in [0.2, 0.25) is 5.75 Å². The zero-order chi connectivity index (χ0) is 22.8. The van der Waals surface area contributed by atoms with E-state index in [1.807, 2.05) is 13.8 Å². The Bertz CT molecular complexity index is 870. The van der Waals surface area contributed by atoms with Crippen molar-refractivity contribution in [3.8, 4) is 17.6 Å². The number of nitriles is 1. The highest BCUT2D eigenvalue weighted by molar-refractivity contribution is 6.01. The number of hydrogen-bond donors (Lipinski definition) is 1. The van der Waals surface area contributed by atoms with Crippen molar-refractivity contribution in [3.05, 3.63) is 33.4 Å². The van der Waals surface area contributed by atoms with Crippen LogP contribution in [-0.4, -0.2) is 46.7 Å². The van der Waals surface area contributed by atoms with Crippen molar-refractivity contribution in [1.82, 2.24) is 4.90 Å². The minimum Gasteiger partial charge on any atom is -0.499 e. The van der Waals surface area contributed by atoms with Gasteiger partial charge in [-0.1, -0.05) is 20.3 Å². The van der Waals surface area contributed by atoms with E-state index in [4.69, 9.17) is 9.47 Å².